The van der Waals surface area contributed by atoms with Crippen molar-refractivity contribution in [3.05, 3.63) is 12.4 Å². The largest absolute Gasteiger partial charge is 0.367 e. The number of amides is 1. The van der Waals surface area contributed by atoms with Crippen LogP contribution in [0.4, 0.5) is 5.69 Å². The Labute approximate surface area is 197 Å². The summed E-state index contributed by atoms with van der Waals surface area (Å²) in [6, 6.07) is 0.325. The Morgan fingerprint density at radius 3 is 2.67 bits per heavy atom. The van der Waals surface area contributed by atoms with E-state index in [9.17, 15) is 4.79 Å². The summed E-state index contributed by atoms with van der Waals surface area (Å²) >= 11 is 0. The summed E-state index contributed by atoms with van der Waals surface area (Å²) in [5.74, 6) is 1.04. The number of carbonyl (C=O) groups is 1. The second-order valence-electron chi connectivity index (χ2n) is 8.68. The van der Waals surface area contributed by atoms with Crippen molar-refractivity contribution in [1.82, 2.24) is 25.3 Å². The number of rotatable bonds is 6. The van der Waals surface area contributed by atoms with E-state index in [1.807, 2.05) is 32.0 Å². The standard InChI is InChI=1S/C21H37N7O.HI/c1-5-22-20(23-16-21(10-6-7-11-21)19(29)26(2)3)25-17-9-8-12-28(14-17)18-13-24-27(4)15-18;/h13,15,17H,5-12,14,16H2,1-4H3,(H2,22,23,25);1H. The maximum atomic E-state index is 12.8. The maximum absolute atomic E-state index is 12.8. The molecule has 2 heterocycles. The van der Waals surface area contributed by atoms with Crippen LogP contribution in [0.5, 0.6) is 0 Å². The van der Waals surface area contributed by atoms with Gasteiger partial charge >= 0.3 is 0 Å². The van der Waals surface area contributed by atoms with E-state index in [-0.39, 0.29) is 35.3 Å². The molecule has 8 nitrogen and oxygen atoms in total. The number of piperidine rings is 1. The topological polar surface area (TPSA) is 77.8 Å². The molecule has 1 aliphatic carbocycles. The predicted octanol–water partition coefficient (Wildman–Crippen LogP) is 2.21. The van der Waals surface area contributed by atoms with Gasteiger partial charge in [-0.05, 0) is 32.6 Å². The molecule has 9 heteroatoms. The van der Waals surface area contributed by atoms with Crippen LogP contribution >= 0.6 is 24.0 Å². The molecule has 0 spiro atoms. The first-order valence-corrected chi connectivity index (χ1v) is 10.9. The minimum atomic E-state index is -0.333. The van der Waals surface area contributed by atoms with Gasteiger partial charge in [0.05, 0.1) is 23.8 Å². The van der Waals surface area contributed by atoms with Crippen molar-refractivity contribution < 1.29 is 4.79 Å². The second kappa shape index (κ2) is 11.2. The first-order chi connectivity index (χ1) is 13.9. The number of guanidine groups is 1. The summed E-state index contributed by atoms with van der Waals surface area (Å²) in [6.45, 7) is 5.42. The summed E-state index contributed by atoms with van der Waals surface area (Å²) in [5.41, 5.74) is 0.836. The van der Waals surface area contributed by atoms with Crippen LogP contribution < -0.4 is 15.5 Å². The first-order valence-electron chi connectivity index (χ1n) is 10.9. The average Bonchev–Trinajstić information content (AvgIpc) is 3.36. The molecule has 0 aromatic carbocycles. The Morgan fingerprint density at radius 1 is 1.33 bits per heavy atom. The van der Waals surface area contributed by atoms with Crippen LogP contribution in [0, 0.1) is 5.41 Å². The SMILES string of the molecule is CCNC(=NCC1(C(=O)N(C)C)CCCC1)NC1CCCN(c2cnn(C)c2)C1.I. The lowest BCUT2D eigenvalue weighted by molar-refractivity contribution is -0.138. The molecule has 2 N–H and O–H groups in total. The molecule has 1 atom stereocenters. The summed E-state index contributed by atoms with van der Waals surface area (Å²) < 4.78 is 1.85. The quantitative estimate of drug-likeness (QED) is 0.335. The zero-order valence-corrected chi connectivity index (χ0v) is 21.2. The number of nitrogens with zero attached hydrogens (tertiary/aromatic N) is 5. The van der Waals surface area contributed by atoms with Crippen LogP contribution in [0.3, 0.4) is 0 Å². The van der Waals surface area contributed by atoms with Gasteiger partial charge in [-0.2, -0.15) is 5.10 Å². The zero-order valence-electron chi connectivity index (χ0n) is 18.9. The van der Waals surface area contributed by atoms with Gasteiger partial charge in [-0.1, -0.05) is 12.8 Å². The van der Waals surface area contributed by atoms with E-state index < -0.39 is 0 Å². The minimum Gasteiger partial charge on any atom is -0.367 e. The van der Waals surface area contributed by atoms with Crippen LogP contribution in [-0.4, -0.2) is 72.9 Å². The molecule has 1 aromatic rings. The van der Waals surface area contributed by atoms with Crippen LogP contribution in [0.1, 0.15) is 45.4 Å². The number of carbonyl (C=O) groups excluding carboxylic acids is 1. The van der Waals surface area contributed by atoms with E-state index in [2.05, 4.69) is 33.8 Å². The third-order valence-electron chi connectivity index (χ3n) is 6.12. The van der Waals surface area contributed by atoms with Crippen LogP contribution in [0.25, 0.3) is 0 Å². The van der Waals surface area contributed by atoms with Crippen LogP contribution in [0.2, 0.25) is 0 Å². The Hall–Kier alpha value is -1.52. The van der Waals surface area contributed by atoms with Crippen LogP contribution in [-0.2, 0) is 11.8 Å². The van der Waals surface area contributed by atoms with Crippen molar-refractivity contribution >= 4 is 41.5 Å². The predicted molar refractivity (Wildman–Crippen MR) is 133 cm³/mol. The van der Waals surface area contributed by atoms with E-state index in [0.29, 0.717) is 12.6 Å². The molecule has 1 saturated heterocycles. The molecule has 1 amide bonds. The molecular formula is C21H38IN7O. The lowest BCUT2D eigenvalue weighted by atomic mass is 9.85. The van der Waals surface area contributed by atoms with Gasteiger partial charge in [0.25, 0.3) is 0 Å². The van der Waals surface area contributed by atoms with Crippen molar-refractivity contribution in [1.29, 1.82) is 0 Å². The summed E-state index contributed by atoms with van der Waals surface area (Å²) in [6.07, 6.45) is 10.3. The Morgan fingerprint density at radius 2 is 2.07 bits per heavy atom. The molecule has 3 rings (SSSR count). The fraction of sp³-hybridized carbons (Fsp3) is 0.762. The molecule has 30 heavy (non-hydrogen) atoms. The Balaban J connectivity index is 0.00000320. The van der Waals surface area contributed by atoms with Crippen molar-refractivity contribution in [2.75, 3.05) is 45.2 Å². The van der Waals surface area contributed by atoms with Gasteiger partial charge in [0, 0.05) is 53.0 Å². The minimum absolute atomic E-state index is 0. The van der Waals surface area contributed by atoms with Crippen molar-refractivity contribution in [2.45, 2.75) is 51.5 Å². The smallest absolute Gasteiger partial charge is 0.230 e. The average molecular weight is 531 g/mol. The highest BCUT2D eigenvalue weighted by molar-refractivity contribution is 14.0. The Bertz CT molecular complexity index is 712. The lowest BCUT2D eigenvalue weighted by Crippen LogP contribution is -2.51. The number of aliphatic imine (C=N–C) groups is 1. The summed E-state index contributed by atoms with van der Waals surface area (Å²) in [5, 5.41) is 11.3. The van der Waals surface area contributed by atoms with Crippen molar-refractivity contribution in [2.24, 2.45) is 17.5 Å². The van der Waals surface area contributed by atoms with E-state index in [1.165, 1.54) is 5.69 Å². The molecule has 1 aliphatic heterocycles. The van der Waals surface area contributed by atoms with E-state index in [1.54, 1.807) is 4.90 Å². The van der Waals surface area contributed by atoms with Crippen LogP contribution in [0.15, 0.2) is 17.4 Å². The summed E-state index contributed by atoms with van der Waals surface area (Å²) in [4.78, 5) is 21.8. The Kier molecular flexibility index (Phi) is 9.24. The number of hydrogen-bond donors (Lipinski definition) is 2. The van der Waals surface area contributed by atoms with Gasteiger partial charge in [0.2, 0.25) is 5.91 Å². The summed E-state index contributed by atoms with van der Waals surface area (Å²) in [7, 11) is 5.65. The van der Waals surface area contributed by atoms with Gasteiger partial charge in [-0.25, -0.2) is 0 Å². The highest BCUT2D eigenvalue weighted by Gasteiger charge is 2.42. The van der Waals surface area contributed by atoms with E-state index in [4.69, 9.17) is 4.99 Å². The zero-order chi connectivity index (χ0) is 20.9. The maximum Gasteiger partial charge on any atom is 0.230 e. The highest BCUT2D eigenvalue weighted by Crippen LogP contribution is 2.39. The third-order valence-corrected chi connectivity index (χ3v) is 6.12. The first kappa shape index (κ1) is 24.7. The molecule has 2 aliphatic rings. The monoisotopic (exact) mass is 531 g/mol. The fourth-order valence-corrected chi connectivity index (χ4v) is 4.61. The molecule has 0 bridgehead atoms. The van der Waals surface area contributed by atoms with Gasteiger partial charge < -0.3 is 20.4 Å². The molecule has 1 saturated carbocycles. The normalized spacial score (nSPS) is 21.1. The highest BCUT2D eigenvalue weighted by atomic mass is 127. The number of anilines is 1. The molecular weight excluding hydrogens is 493 g/mol. The fourth-order valence-electron chi connectivity index (χ4n) is 4.61. The van der Waals surface area contributed by atoms with Gasteiger partial charge in [0.1, 0.15) is 0 Å². The second-order valence-corrected chi connectivity index (χ2v) is 8.68. The number of halogens is 1. The number of aryl methyl sites for hydroxylation is 1. The molecule has 170 valence electrons. The van der Waals surface area contributed by atoms with Crippen molar-refractivity contribution in [3.8, 4) is 0 Å². The molecule has 0 radical (unpaired) electrons. The van der Waals surface area contributed by atoms with E-state index in [0.717, 1.165) is 64.1 Å². The van der Waals surface area contributed by atoms with Gasteiger partial charge in [0.15, 0.2) is 5.96 Å². The van der Waals surface area contributed by atoms with Gasteiger partial charge in [-0.15, -0.1) is 24.0 Å². The molecule has 1 aromatic heterocycles. The lowest BCUT2D eigenvalue weighted by Gasteiger charge is -2.35. The van der Waals surface area contributed by atoms with E-state index >= 15 is 0 Å². The third kappa shape index (κ3) is 6.01. The molecule has 2 fully saturated rings. The number of aromatic nitrogens is 2. The molecule has 1 unspecified atom stereocenters. The van der Waals surface area contributed by atoms with Crippen molar-refractivity contribution in [3.63, 3.8) is 0 Å². The van der Waals surface area contributed by atoms with Gasteiger partial charge in [-0.3, -0.25) is 14.5 Å². The number of hydrogen-bond acceptors (Lipinski definition) is 4. The number of nitrogens with one attached hydrogen (secondary N) is 2.